The van der Waals surface area contributed by atoms with Crippen molar-refractivity contribution in [3.05, 3.63) is 34.9 Å². The second kappa shape index (κ2) is 6.75. The van der Waals surface area contributed by atoms with E-state index in [2.05, 4.69) is 5.32 Å². The maximum absolute atomic E-state index is 12.0. The highest BCUT2D eigenvalue weighted by molar-refractivity contribution is 6.30. The fourth-order valence-electron chi connectivity index (χ4n) is 2.06. The van der Waals surface area contributed by atoms with Crippen LogP contribution in [0.5, 0.6) is 0 Å². The molecule has 0 bridgehead atoms. The van der Waals surface area contributed by atoms with Gasteiger partial charge in [0.25, 0.3) is 0 Å². The molecule has 1 amide bonds. The lowest BCUT2D eigenvalue weighted by Crippen LogP contribution is -2.31. The number of halogens is 1. The standard InChI is InChI=1S/C15H20ClNO3/c1-10(11-5-4-6-12(16)7-11)17-13(18)8-15(2,3)9-14(19)20/h4-7,10H,8-9H2,1-3H3,(H,17,18)(H,19,20)/t10-/m0/s1. The van der Waals surface area contributed by atoms with Crippen LogP contribution in [0.15, 0.2) is 24.3 Å². The van der Waals surface area contributed by atoms with Crippen LogP contribution < -0.4 is 5.32 Å². The van der Waals surface area contributed by atoms with Crippen LogP contribution in [0.1, 0.15) is 45.2 Å². The molecule has 5 heteroatoms. The molecule has 0 aliphatic rings. The van der Waals surface area contributed by atoms with Crippen molar-refractivity contribution >= 4 is 23.5 Å². The van der Waals surface area contributed by atoms with E-state index in [9.17, 15) is 9.59 Å². The summed E-state index contributed by atoms with van der Waals surface area (Å²) in [6, 6.07) is 7.13. The molecule has 1 atom stereocenters. The van der Waals surface area contributed by atoms with Crippen LogP contribution in [0.4, 0.5) is 0 Å². The molecule has 0 heterocycles. The zero-order chi connectivity index (χ0) is 15.3. The number of amides is 1. The Balaban J connectivity index is 2.60. The van der Waals surface area contributed by atoms with Gasteiger partial charge in [-0.3, -0.25) is 9.59 Å². The molecule has 0 fully saturated rings. The van der Waals surface area contributed by atoms with Gasteiger partial charge in [0.1, 0.15) is 0 Å². The van der Waals surface area contributed by atoms with Gasteiger partial charge in [0.15, 0.2) is 0 Å². The summed E-state index contributed by atoms with van der Waals surface area (Å²) in [6.45, 7) is 5.41. The van der Waals surface area contributed by atoms with Crippen LogP contribution in [-0.4, -0.2) is 17.0 Å². The first-order valence-corrected chi connectivity index (χ1v) is 6.84. The highest BCUT2D eigenvalue weighted by Crippen LogP contribution is 2.25. The Kier molecular flexibility index (Phi) is 5.57. The van der Waals surface area contributed by atoms with Crippen molar-refractivity contribution in [2.75, 3.05) is 0 Å². The number of aliphatic carboxylic acids is 1. The zero-order valence-corrected chi connectivity index (χ0v) is 12.7. The zero-order valence-electron chi connectivity index (χ0n) is 11.9. The van der Waals surface area contributed by atoms with Crippen LogP contribution in [0, 0.1) is 5.41 Å². The van der Waals surface area contributed by atoms with Crippen LogP contribution in [0.3, 0.4) is 0 Å². The first-order valence-electron chi connectivity index (χ1n) is 6.46. The van der Waals surface area contributed by atoms with Crippen molar-refractivity contribution in [2.24, 2.45) is 5.41 Å². The number of carbonyl (C=O) groups excluding carboxylic acids is 1. The Morgan fingerprint density at radius 3 is 2.55 bits per heavy atom. The summed E-state index contributed by atoms with van der Waals surface area (Å²) >= 11 is 5.91. The average Bonchev–Trinajstić information content (AvgIpc) is 2.25. The molecule has 2 N–H and O–H groups in total. The molecule has 0 saturated carbocycles. The van der Waals surface area contributed by atoms with E-state index >= 15 is 0 Å². The molecule has 0 aromatic heterocycles. The number of hydrogen-bond acceptors (Lipinski definition) is 2. The number of benzene rings is 1. The monoisotopic (exact) mass is 297 g/mol. The molecule has 1 rings (SSSR count). The summed E-state index contributed by atoms with van der Waals surface area (Å²) in [5.41, 5.74) is 0.353. The molecule has 0 spiro atoms. The van der Waals surface area contributed by atoms with Crippen molar-refractivity contribution in [1.29, 1.82) is 0 Å². The summed E-state index contributed by atoms with van der Waals surface area (Å²) in [5, 5.41) is 12.3. The molecule has 0 aliphatic heterocycles. The third kappa shape index (κ3) is 5.61. The first-order chi connectivity index (χ1) is 9.19. The van der Waals surface area contributed by atoms with Crippen molar-refractivity contribution in [3.8, 4) is 0 Å². The highest BCUT2D eigenvalue weighted by Gasteiger charge is 2.25. The Bertz CT molecular complexity index is 500. The average molecular weight is 298 g/mol. The molecule has 0 aliphatic carbocycles. The van der Waals surface area contributed by atoms with Crippen molar-refractivity contribution in [3.63, 3.8) is 0 Å². The van der Waals surface area contributed by atoms with Crippen LogP contribution >= 0.6 is 11.6 Å². The van der Waals surface area contributed by atoms with E-state index in [1.807, 2.05) is 19.1 Å². The second-order valence-electron chi connectivity index (χ2n) is 5.76. The third-order valence-electron chi connectivity index (χ3n) is 3.00. The predicted molar refractivity (Wildman–Crippen MR) is 78.7 cm³/mol. The number of carbonyl (C=O) groups is 2. The summed E-state index contributed by atoms with van der Waals surface area (Å²) < 4.78 is 0. The van der Waals surface area contributed by atoms with Gasteiger partial charge in [-0.1, -0.05) is 37.6 Å². The third-order valence-corrected chi connectivity index (χ3v) is 3.23. The normalized spacial score (nSPS) is 12.8. The molecular weight excluding hydrogens is 278 g/mol. The number of carboxylic acids is 1. The lowest BCUT2D eigenvalue weighted by molar-refractivity contribution is -0.139. The van der Waals surface area contributed by atoms with Crippen molar-refractivity contribution < 1.29 is 14.7 Å². The van der Waals surface area contributed by atoms with Gasteiger partial charge in [-0.2, -0.15) is 0 Å². The van der Waals surface area contributed by atoms with Crippen LogP contribution in [0.2, 0.25) is 5.02 Å². The fraction of sp³-hybridized carbons (Fsp3) is 0.467. The summed E-state index contributed by atoms with van der Waals surface area (Å²) in [4.78, 5) is 22.7. The van der Waals surface area contributed by atoms with Crippen LogP contribution in [0.25, 0.3) is 0 Å². The molecule has 110 valence electrons. The SMILES string of the molecule is C[C@H](NC(=O)CC(C)(C)CC(=O)O)c1cccc(Cl)c1. The summed E-state index contributed by atoms with van der Waals surface area (Å²) in [7, 11) is 0. The Labute approximate surface area is 124 Å². The number of rotatable bonds is 6. The van der Waals surface area contributed by atoms with Gasteiger partial charge in [0, 0.05) is 11.4 Å². The van der Waals surface area contributed by atoms with E-state index in [-0.39, 0.29) is 24.8 Å². The van der Waals surface area contributed by atoms with Gasteiger partial charge >= 0.3 is 5.97 Å². The molecule has 1 aromatic carbocycles. The van der Waals surface area contributed by atoms with E-state index in [0.29, 0.717) is 5.02 Å². The maximum atomic E-state index is 12.0. The molecule has 20 heavy (non-hydrogen) atoms. The van der Waals surface area contributed by atoms with Gasteiger partial charge in [-0.25, -0.2) is 0 Å². The smallest absolute Gasteiger partial charge is 0.303 e. The number of hydrogen-bond donors (Lipinski definition) is 2. The Morgan fingerprint density at radius 2 is 2.00 bits per heavy atom. The second-order valence-corrected chi connectivity index (χ2v) is 6.19. The minimum atomic E-state index is -0.898. The molecule has 0 unspecified atom stereocenters. The summed E-state index contributed by atoms with van der Waals surface area (Å²) in [6.07, 6.45) is 0.135. The summed E-state index contributed by atoms with van der Waals surface area (Å²) in [5.74, 6) is -1.06. The lowest BCUT2D eigenvalue weighted by atomic mass is 9.85. The van der Waals surface area contributed by atoms with Crippen molar-refractivity contribution in [2.45, 2.75) is 39.7 Å². The Hall–Kier alpha value is -1.55. The minimum Gasteiger partial charge on any atom is -0.481 e. The molecule has 1 aromatic rings. The topological polar surface area (TPSA) is 66.4 Å². The van der Waals surface area contributed by atoms with E-state index in [0.717, 1.165) is 5.56 Å². The molecule has 0 saturated heterocycles. The highest BCUT2D eigenvalue weighted by atomic mass is 35.5. The van der Waals surface area contributed by atoms with Gasteiger partial charge in [-0.05, 0) is 30.0 Å². The molecular formula is C15H20ClNO3. The van der Waals surface area contributed by atoms with Gasteiger partial charge < -0.3 is 10.4 Å². The number of carboxylic acid groups (broad SMARTS) is 1. The van der Waals surface area contributed by atoms with E-state index < -0.39 is 11.4 Å². The van der Waals surface area contributed by atoms with Crippen LogP contribution in [-0.2, 0) is 9.59 Å². The number of nitrogens with one attached hydrogen (secondary N) is 1. The quantitative estimate of drug-likeness (QED) is 0.845. The molecule has 0 radical (unpaired) electrons. The first kappa shape index (κ1) is 16.5. The maximum Gasteiger partial charge on any atom is 0.303 e. The van der Waals surface area contributed by atoms with Gasteiger partial charge in [0.2, 0.25) is 5.91 Å². The minimum absolute atomic E-state index is 0.0357. The molecule has 4 nitrogen and oxygen atoms in total. The predicted octanol–water partition coefficient (Wildman–Crippen LogP) is 3.41. The van der Waals surface area contributed by atoms with Gasteiger partial charge in [-0.15, -0.1) is 0 Å². The van der Waals surface area contributed by atoms with E-state index in [1.165, 1.54) is 0 Å². The van der Waals surface area contributed by atoms with E-state index in [4.69, 9.17) is 16.7 Å². The van der Waals surface area contributed by atoms with E-state index in [1.54, 1.807) is 26.0 Å². The lowest BCUT2D eigenvalue weighted by Gasteiger charge is -2.23. The Morgan fingerprint density at radius 1 is 1.35 bits per heavy atom. The van der Waals surface area contributed by atoms with Crippen molar-refractivity contribution in [1.82, 2.24) is 5.32 Å². The van der Waals surface area contributed by atoms with Gasteiger partial charge in [0.05, 0.1) is 12.5 Å². The fourth-order valence-corrected chi connectivity index (χ4v) is 2.26. The largest absolute Gasteiger partial charge is 0.481 e.